The standard InChI is InChI=1S/C25H20N2O4S/c28-25(26-21-14-8-10-18-9-4-5-13-20(18)21)24-17-27(22-15-6-7-16-23(22)31-24)32(29,30)19-11-2-1-3-12-19/h1-16,24H,17H2,(H,26,28)/t24-/m0/s1. The minimum atomic E-state index is -3.88. The van der Waals surface area contributed by atoms with Crippen LogP contribution in [0.2, 0.25) is 0 Å². The van der Waals surface area contributed by atoms with Gasteiger partial charge in [0.05, 0.1) is 17.1 Å². The van der Waals surface area contributed by atoms with Crippen LogP contribution in [0.15, 0.2) is 102 Å². The van der Waals surface area contributed by atoms with Crippen LogP contribution in [0, 0.1) is 0 Å². The van der Waals surface area contributed by atoms with Crippen molar-refractivity contribution in [1.29, 1.82) is 0 Å². The van der Waals surface area contributed by atoms with Gasteiger partial charge in [-0.2, -0.15) is 0 Å². The molecule has 6 nitrogen and oxygen atoms in total. The van der Waals surface area contributed by atoms with Crippen molar-refractivity contribution in [3.05, 3.63) is 97.1 Å². The van der Waals surface area contributed by atoms with Crippen LogP contribution in [0.25, 0.3) is 10.8 Å². The highest BCUT2D eigenvalue weighted by molar-refractivity contribution is 7.92. The molecule has 1 heterocycles. The number of carbonyl (C=O) groups excluding carboxylic acids is 1. The maximum Gasteiger partial charge on any atom is 0.267 e. The molecular formula is C25H20N2O4S. The number of ether oxygens (including phenoxy) is 1. The Labute approximate surface area is 186 Å². The van der Waals surface area contributed by atoms with E-state index in [-0.39, 0.29) is 11.4 Å². The Balaban J connectivity index is 1.49. The van der Waals surface area contributed by atoms with E-state index in [1.54, 1.807) is 54.6 Å². The first-order valence-corrected chi connectivity index (χ1v) is 11.6. The van der Waals surface area contributed by atoms with Gasteiger partial charge in [0.15, 0.2) is 6.10 Å². The lowest BCUT2D eigenvalue weighted by molar-refractivity contribution is -0.122. The average Bonchev–Trinajstić information content (AvgIpc) is 2.84. The fourth-order valence-electron chi connectivity index (χ4n) is 3.83. The highest BCUT2D eigenvalue weighted by atomic mass is 32.2. The van der Waals surface area contributed by atoms with Gasteiger partial charge >= 0.3 is 0 Å². The molecule has 0 fully saturated rings. The van der Waals surface area contributed by atoms with Crippen LogP contribution in [0.5, 0.6) is 5.75 Å². The highest BCUT2D eigenvalue weighted by Crippen LogP contribution is 2.37. The van der Waals surface area contributed by atoms with Crippen LogP contribution in [0.3, 0.4) is 0 Å². The molecule has 32 heavy (non-hydrogen) atoms. The number of sulfonamides is 1. The molecule has 0 spiro atoms. The summed E-state index contributed by atoms with van der Waals surface area (Å²) in [6, 6.07) is 28.4. The van der Waals surface area contributed by atoms with Crippen LogP contribution in [0.1, 0.15) is 0 Å². The zero-order valence-electron chi connectivity index (χ0n) is 17.0. The zero-order valence-corrected chi connectivity index (χ0v) is 17.8. The summed E-state index contributed by atoms with van der Waals surface area (Å²) in [5.74, 6) is -0.0690. The number of nitrogens with zero attached hydrogens (tertiary/aromatic N) is 1. The van der Waals surface area contributed by atoms with Gasteiger partial charge < -0.3 is 10.1 Å². The summed E-state index contributed by atoms with van der Waals surface area (Å²) in [5.41, 5.74) is 1.05. The first-order valence-electron chi connectivity index (χ1n) is 10.2. The minimum absolute atomic E-state index is 0.134. The van der Waals surface area contributed by atoms with E-state index in [0.717, 1.165) is 10.8 Å². The molecule has 0 bridgehead atoms. The fourth-order valence-corrected chi connectivity index (χ4v) is 5.33. The number of carbonyl (C=O) groups is 1. The summed E-state index contributed by atoms with van der Waals surface area (Å²) in [5, 5.41) is 4.80. The quantitative estimate of drug-likeness (QED) is 0.505. The lowest BCUT2D eigenvalue weighted by Crippen LogP contribution is -2.48. The van der Waals surface area contributed by atoms with Crippen molar-refractivity contribution in [3.63, 3.8) is 0 Å². The van der Waals surface area contributed by atoms with Crippen molar-refractivity contribution in [2.24, 2.45) is 0 Å². The third-order valence-corrected chi connectivity index (χ3v) is 7.20. The van der Waals surface area contributed by atoms with Crippen LogP contribution < -0.4 is 14.4 Å². The van der Waals surface area contributed by atoms with E-state index in [2.05, 4.69) is 5.32 Å². The maximum absolute atomic E-state index is 13.4. The van der Waals surface area contributed by atoms with Gasteiger partial charge in [0.25, 0.3) is 15.9 Å². The Morgan fingerprint density at radius 1 is 0.844 bits per heavy atom. The number of benzene rings is 4. The van der Waals surface area contributed by atoms with Gasteiger partial charge in [-0.25, -0.2) is 8.42 Å². The number of para-hydroxylation sites is 2. The average molecular weight is 445 g/mol. The first-order chi connectivity index (χ1) is 15.5. The predicted octanol–water partition coefficient (Wildman–Crippen LogP) is 4.43. The van der Waals surface area contributed by atoms with Crippen molar-refractivity contribution in [2.75, 3.05) is 16.2 Å². The van der Waals surface area contributed by atoms with Crippen LogP contribution >= 0.6 is 0 Å². The Hall–Kier alpha value is -3.84. The summed E-state index contributed by atoms with van der Waals surface area (Å²) in [7, 11) is -3.88. The van der Waals surface area contributed by atoms with Crippen molar-refractivity contribution < 1.29 is 17.9 Å². The molecule has 0 unspecified atom stereocenters. The topological polar surface area (TPSA) is 75.7 Å². The molecule has 0 radical (unpaired) electrons. The van der Waals surface area contributed by atoms with E-state index in [4.69, 9.17) is 4.74 Å². The van der Waals surface area contributed by atoms with E-state index in [0.29, 0.717) is 17.1 Å². The van der Waals surface area contributed by atoms with Gasteiger partial charge in [-0.05, 0) is 35.7 Å². The van der Waals surface area contributed by atoms with E-state index in [1.165, 1.54) is 4.31 Å². The Morgan fingerprint density at radius 3 is 2.38 bits per heavy atom. The first kappa shape index (κ1) is 20.1. The van der Waals surface area contributed by atoms with Crippen molar-refractivity contribution in [1.82, 2.24) is 0 Å². The molecule has 4 aromatic carbocycles. The van der Waals surface area contributed by atoms with Gasteiger partial charge in [-0.1, -0.05) is 66.7 Å². The second kappa shape index (κ2) is 8.01. The monoisotopic (exact) mass is 444 g/mol. The molecular weight excluding hydrogens is 424 g/mol. The molecule has 0 saturated heterocycles. The summed E-state index contributed by atoms with van der Waals surface area (Å²) >= 11 is 0. The molecule has 4 aromatic rings. The predicted molar refractivity (Wildman–Crippen MR) is 124 cm³/mol. The van der Waals surface area contributed by atoms with Gasteiger partial charge in [0.1, 0.15) is 5.75 Å². The third kappa shape index (κ3) is 3.56. The largest absolute Gasteiger partial charge is 0.476 e. The SMILES string of the molecule is O=C(Nc1cccc2ccccc12)[C@@H]1CN(S(=O)(=O)c2ccccc2)c2ccccc2O1. The summed E-state index contributed by atoms with van der Waals surface area (Å²) in [4.78, 5) is 13.3. The third-order valence-electron chi connectivity index (χ3n) is 5.41. The summed E-state index contributed by atoms with van der Waals surface area (Å²) in [6.45, 7) is -0.134. The van der Waals surface area contributed by atoms with Crippen LogP contribution in [-0.4, -0.2) is 27.0 Å². The number of hydrogen-bond acceptors (Lipinski definition) is 4. The molecule has 160 valence electrons. The minimum Gasteiger partial charge on any atom is -0.476 e. The smallest absolute Gasteiger partial charge is 0.267 e. The van der Waals surface area contributed by atoms with Gasteiger partial charge in [0, 0.05) is 11.1 Å². The summed E-state index contributed by atoms with van der Waals surface area (Å²) < 4.78 is 33.9. The molecule has 0 aliphatic carbocycles. The van der Waals surface area contributed by atoms with Crippen LogP contribution in [0.4, 0.5) is 11.4 Å². The van der Waals surface area contributed by atoms with Gasteiger partial charge in [0.2, 0.25) is 0 Å². The van der Waals surface area contributed by atoms with E-state index in [1.807, 2.05) is 42.5 Å². The highest BCUT2D eigenvalue weighted by Gasteiger charge is 2.37. The lowest BCUT2D eigenvalue weighted by atomic mass is 10.1. The zero-order chi connectivity index (χ0) is 22.1. The molecule has 1 amide bonds. The normalized spacial score (nSPS) is 15.6. The van der Waals surface area contributed by atoms with Gasteiger partial charge in [-0.15, -0.1) is 0 Å². The fraction of sp³-hybridized carbons (Fsp3) is 0.0800. The number of amides is 1. The molecule has 1 atom stereocenters. The molecule has 1 N–H and O–H groups in total. The number of rotatable bonds is 4. The number of anilines is 2. The molecule has 7 heteroatoms. The summed E-state index contributed by atoms with van der Waals surface area (Å²) in [6.07, 6.45) is -1.01. The number of hydrogen-bond donors (Lipinski definition) is 1. The van der Waals surface area contributed by atoms with Crippen molar-refractivity contribution in [2.45, 2.75) is 11.0 Å². The van der Waals surface area contributed by atoms with E-state index >= 15 is 0 Å². The van der Waals surface area contributed by atoms with Crippen molar-refractivity contribution >= 4 is 38.1 Å². The maximum atomic E-state index is 13.4. The van der Waals surface area contributed by atoms with Crippen molar-refractivity contribution in [3.8, 4) is 5.75 Å². The molecule has 0 saturated carbocycles. The van der Waals surface area contributed by atoms with E-state index in [9.17, 15) is 13.2 Å². The Kier molecular flexibility index (Phi) is 5.03. The van der Waals surface area contributed by atoms with Crippen LogP contribution in [-0.2, 0) is 14.8 Å². The molecule has 5 rings (SSSR count). The molecule has 0 aromatic heterocycles. The second-order valence-electron chi connectivity index (χ2n) is 7.44. The number of fused-ring (bicyclic) bond motifs is 2. The Morgan fingerprint density at radius 2 is 1.53 bits per heavy atom. The second-order valence-corrected chi connectivity index (χ2v) is 9.30. The van der Waals surface area contributed by atoms with Gasteiger partial charge in [-0.3, -0.25) is 9.10 Å². The molecule has 1 aliphatic rings. The number of nitrogens with one attached hydrogen (secondary N) is 1. The molecule has 1 aliphatic heterocycles. The Bertz CT molecular complexity index is 1400. The lowest BCUT2D eigenvalue weighted by Gasteiger charge is -2.34. The van der Waals surface area contributed by atoms with E-state index < -0.39 is 22.0 Å².